The number of carbonyl (C=O) groups is 2. The molecule has 0 bridgehead atoms. The third-order valence-corrected chi connectivity index (χ3v) is 5.03. The molecule has 0 saturated carbocycles. The van der Waals surface area contributed by atoms with Gasteiger partial charge in [-0.15, -0.1) is 0 Å². The third kappa shape index (κ3) is 4.46. The van der Waals surface area contributed by atoms with Crippen LogP contribution >= 0.6 is 0 Å². The third-order valence-electron chi connectivity index (χ3n) is 5.03. The van der Waals surface area contributed by atoms with Crippen molar-refractivity contribution in [3.8, 4) is 5.75 Å². The summed E-state index contributed by atoms with van der Waals surface area (Å²) >= 11 is 0. The number of phenolic OH excluding ortho intramolecular Hbond substituents is 1. The van der Waals surface area contributed by atoms with Gasteiger partial charge in [0, 0.05) is 6.54 Å². The van der Waals surface area contributed by atoms with Gasteiger partial charge >= 0.3 is 11.7 Å². The van der Waals surface area contributed by atoms with E-state index < -0.39 is 35.2 Å². The number of aromatic nitrogens is 2. The lowest BCUT2D eigenvalue weighted by Gasteiger charge is -2.16. The zero-order valence-electron chi connectivity index (χ0n) is 17.7. The zero-order chi connectivity index (χ0) is 23.4. The molecule has 1 heterocycles. The van der Waals surface area contributed by atoms with Crippen LogP contribution in [0.2, 0.25) is 0 Å². The molecule has 2 aromatic carbocycles. The average molecular weight is 437 g/mol. The Morgan fingerprint density at radius 2 is 1.75 bits per heavy atom. The maximum Gasteiger partial charge on any atom is 0.338 e. The quantitative estimate of drug-likeness (QED) is 0.425. The number of esters is 1. The number of nitrogen functional groups attached to an aromatic ring is 1. The van der Waals surface area contributed by atoms with Crippen LogP contribution in [-0.4, -0.2) is 32.6 Å². The first-order chi connectivity index (χ1) is 15.2. The number of Topliss-reactive ketones (excluding diaryl/α,β-unsaturated/α-hetero) is 1. The van der Waals surface area contributed by atoms with Gasteiger partial charge < -0.3 is 15.6 Å². The predicted molar refractivity (Wildman–Crippen MR) is 118 cm³/mol. The monoisotopic (exact) mass is 437 g/mol. The fourth-order valence-corrected chi connectivity index (χ4v) is 3.20. The summed E-state index contributed by atoms with van der Waals surface area (Å²) < 4.78 is 7.08. The van der Waals surface area contributed by atoms with Crippen LogP contribution in [0.3, 0.4) is 0 Å². The van der Waals surface area contributed by atoms with Crippen LogP contribution in [0, 0.1) is 6.92 Å². The minimum absolute atomic E-state index is 0.0372. The largest absolute Gasteiger partial charge is 0.508 e. The first kappa shape index (κ1) is 22.5. The van der Waals surface area contributed by atoms with Crippen molar-refractivity contribution < 1.29 is 19.4 Å². The summed E-state index contributed by atoms with van der Waals surface area (Å²) in [6, 6.07) is 13.2. The van der Waals surface area contributed by atoms with E-state index in [0.717, 1.165) is 14.7 Å². The Bertz CT molecular complexity index is 1290. The van der Waals surface area contributed by atoms with Gasteiger partial charge in [0.15, 0.2) is 6.61 Å². The molecule has 9 nitrogen and oxygen atoms in total. The predicted octanol–water partition coefficient (Wildman–Crippen LogP) is 1.71. The molecule has 0 atom stereocenters. The zero-order valence-corrected chi connectivity index (χ0v) is 17.7. The average Bonchev–Trinajstić information content (AvgIpc) is 2.78. The normalized spacial score (nSPS) is 10.7. The fourth-order valence-electron chi connectivity index (χ4n) is 3.20. The van der Waals surface area contributed by atoms with E-state index in [4.69, 9.17) is 10.5 Å². The summed E-state index contributed by atoms with van der Waals surface area (Å²) in [6.07, 6.45) is 0. The van der Waals surface area contributed by atoms with Gasteiger partial charge in [-0.2, -0.15) is 0 Å². The lowest BCUT2D eigenvalue weighted by molar-refractivity contribution is 0.0474. The van der Waals surface area contributed by atoms with Crippen LogP contribution in [-0.2, 0) is 17.8 Å². The molecule has 1 aromatic heterocycles. The molecule has 0 aliphatic rings. The van der Waals surface area contributed by atoms with Crippen LogP contribution in [0.25, 0.3) is 0 Å². The van der Waals surface area contributed by atoms with E-state index in [-0.39, 0.29) is 30.2 Å². The van der Waals surface area contributed by atoms with Crippen molar-refractivity contribution >= 4 is 17.6 Å². The molecule has 9 heteroatoms. The molecule has 0 aliphatic heterocycles. The van der Waals surface area contributed by atoms with Crippen LogP contribution in [0.5, 0.6) is 5.75 Å². The van der Waals surface area contributed by atoms with Crippen LogP contribution < -0.4 is 17.0 Å². The van der Waals surface area contributed by atoms with Gasteiger partial charge in [-0.25, -0.2) is 9.59 Å². The van der Waals surface area contributed by atoms with Gasteiger partial charge in [-0.3, -0.25) is 18.7 Å². The molecular weight excluding hydrogens is 414 g/mol. The first-order valence-corrected chi connectivity index (χ1v) is 9.91. The Balaban J connectivity index is 1.92. The summed E-state index contributed by atoms with van der Waals surface area (Å²) in [5.41, 5.74) is 5.56. The highest BCUT2D eigenvalue weighted by atomic mass is 16.5. The van der Waals surface area contributed by atoms with Gasteiger partial charge in [0.25, 0.3) is 5.56 Å². The van der Waals surface area contributed by atoms with Crippen LogP contribution in [0.15, 0.2) is 58.1 Å². The van der Waals surface area contributed by atoms with E-state index in [0.29, 0.717) is 5.56 Å². The van der Waals surface area contributed by atoms with Gasteiger partial charge in [-0.1, -0.05) is 36.4 Å². The summed E-state index contributed by atoms with van der Waals surface area (Å²) in [5, 5.41) is 9.74. The van der Waals surface area contributed by atoms with E-state index in [1.807, 2.05) is 6.07 Å². The highest BCUT2D eigenvalue weighted by molar-refractivity contribution is 6.02. The number of phenols is 1. The number of ketones is 1. The lowest BCUT2D eigenvalue weighted by Crippen LogP contribution is -2.44. The highest BCUT2D eigenvalue weighted by Crippen LogP contribution is 2.18. The smallest absolute Gasteiger partial charge is 0.338 e. The molecule has 32 heavy (non-hydrogen) atoms. The molecule has 0 saturated heterocycles. The molecule has 0 radical (unpaired) electrons. The minimum Gasteiger partial charge on any atom is -0.508 e. The summed E-state index contributed by atoms with van der Waals surface area (Å²) in [6.45, 7) is 2.62. The molecular formula is C23H23N3O6. The number of benzene rings is 2. The molecule has 0 amide bonds. The molecule has 0 fully saturated rings. The second-order valence-electron chi connectivity index (χ2n) is 7.16. The standard InChI is InChI=1S/C23H23N3O6/c1-3-25-21(29)19(20(24)26(23(25)31)12-15-7-5-4-6-8-15)18(28)13-32-22(30)16-10-9-14(2)17(27)11-16/h4-11,27H,3,12-13,24H2,1-2H3. The summed E-state index contributed by atoms with van der Waals surface area (Å²) in [5.74, 6) is -2.06. The van der Waals surface area contributed by atoms with Gasteiger partial charge in [0.2, 0.25) is 5.78 Å². The molecule has 3 rings (SSSR count). The van der Waals surface area contributed by atoms with Crippen molar-refractivity contribution in [2.45, 2.75) is 26.9 Å². The van der Waals surface area contributed by atoms with Crippen molar-refractivity contribution in [2.75, 3.05) is 12.3 Å². The minimum atomic E-state index is -0.847. The number of nitrogens with two attached hydrogens (primary N) is 1. The van der Waals surface area contributed by atoms with Crippen molar-refractivity contribution in [2.24, 2.45) is 0 Å². The molecule has 3 aromatic rings. The van der Waals surface area contributed by atoms with E-state index in [1.165, 1.54) is 18.2 Å². The number of nitrogens with zero attached hydrogens (tertiary/aromatic N) is 2. The van der Waals surface area contributed by atoms with Gasteiger partial charge in [0.05, 0.1) is 12.1 Å². The van der Waals surface area contributed by atoms with E-state index in [2.05, 4.69) is 0 Å². The number of ether oxygens (including phenoxy) is 1. The Kier molecular flexibility index (Phi) is 6.58. The van der Waals surface area contributed by atoms with E-state index in [1.54, 1.807) is 38.1 Å². The van der Waals surface area contributed by atoms with Crippen LogP contribution in [0.1, 0.15) is 38.8 Å². The maximum atomic E-state index is 12.8. The van der Waals surface area contributed by atoms with Gasteiger partial charge in [0.1, 0.15) is 17.1 Å². The van der Waals surface area contributed by atoms with Crippen molar-refractivity contribution in [3.05, 3.63) is 91.6 Å². The Morgan fingerprint density at radius 3 is 2.38 bits per heavy atom. The number of rotatable bonds is 7. The van der Waals surface area contributed by atoms with Crippen molar-refractivity contribution in [3.63, 3.8) is 0 Å². The summed E-state index contributed by atoms with van der Waals surface area (Å²) in [7, 11) is 0. The Morgan fingerprint density at radius 1 is 1.06 bits per heavy atom. The number of anilines is 1. The molecule has 0 spiro atoms. The lowest BCUT2D eigenvalue weighted by atomic mass is 10.1. The first-order valence-electron chi connectivity index (χ1n) is 9.91. The van der Waals surface area contributed by atoms with E-state index >= 15 is 0 Å². The molecule has 166 valence electrons. The number of hydrogen-bond acceptors (Lipinski definition) is 7. The number of aryl methyl sites for hydroxylation is 1. The van der Waals surface area contributed by atoms with Gasteiger partial charge in [-0.05, 0) is 37.1 Å². The van der Waals surface area contributed by atoms with Crippen LogP contribution in [0.4, 0.5) is 5.82 Å². The van der Waals surface area contributed by atoms with E-state index in [9.17, 15) is 24.3 Å². The second-order valence-corrected chi connectivity index (χ2v) is 7.16. The molecule has 3 N–H and O–H groups in total. The maximum absolute atomic E-state index is 12.8. The van der Waals surface area contributed by atoms with Crippen molar-refractivity contribution in [1.82, 2.24) is 9.13 Å². The second kappa shape index (κ2) is 9.34. The Labute approximate surface area is 183 Å². The Hall–Kier alpha value is -4.14. The number of aromatic hydroxyl groups is 1. The number of hydrogen-bond donors (Lipinski definition) is 2. The number of carbonyl (C=O) groups excluding carboxylic acids is 2. The molecule has 0 aliphatic carbocycles. The molecule has 0 unspecified atom stereocenters. The van der Waals surface area contributed by atoms with Crippen molar-refractivity contribution in [1.29, 1.82) is 0 Å². The SMILES string of the molecule is CCn1c(=O)c(C(=O)COC(=O)c2ccc(C)c(O)c2)c(N)n(Cc2ccccc2)c1=O. The topological polar surface area (TPSA) is 134 Å². The fraction of sp³-hybridized carbons (Fsp3) is 0.217. The highest BCUT2D eigenvalue weighted by Gasteiger charge is 2.23. The summed E-state index contributed by atoms with van der Waals surface area (Å²) in [4.78, 5) is 50.6.